The highest BCUT2D eigenvalue weighted by Crippen LogP contribution is 2.39. The normalized spacial score (nSPS) is 11.0. The molecule has 0 aliphatic heterocycles. The SMILES string of the molecule is COc1ncc([N+](=O)[O-])c(C(=O)Cl)c1OC(F)(F)F. The van der Waals surface area contributed by atoms with Crippen molar-refractivity contribution >= 4 is 22.5 Å². The fourth-order valence-corrected chi connectivity index (χ4v) is 1.33. The number of methoxy groups -OCH3 is 1. The van der Waals surface area contributed by atoms with Crippen LogP contribution in [0.4, 0.5) is 18.9 Å². The largest absolute Gasteiger partial charge is 0.573 e. The number of alkyl halides is 3. The lowest BCUT2D eigenvalue weighted by Crippen LogP contribution is -2.20. The predicted molar refractivity (Wildman–Crippen MR) is 54.3 cm³/mol. The Labute approximate surface area is 108 Å². The van der Waals surface area contributed by atoms with E-state index in [1.165, 1.54) is 0 Å². The first-order chi connectivity index (χ1) is 8.67. The Morgan fingerprint density at radius 1 is 1.53 bits per heavy atom. The maximum Gasteiger partial charge on any atom is 0.573 e. The molecule has 0 aliphatic rings. The van der Waals surface area contributed by atoms with E-state index in [1.807, 2.05) is 0 Å². The van der Waals surface area contributed by atoms with Gasteiger partial charge in [-0.25, -0.2) is 4.98 Å². The Morgan fingerprint density at radius 2 is 2.11 bits per heavy atom. The van der Waals surface area contributed by atoms with Gasteiger partial charge in [0.2, 0.25) is 5.75 Å². The highest BCUT2D eigenvalue weighted by atomic mass is 35.5. The molecule has 0 saturated carbocycles. The topological polar surface area (TPSA) is 91.6 Å². The Balaban J connectivity index is 3.57. The van der Waals surface area contributed by atoms with E-state index in [-0.39, 0.29) is 0 Å². The van der Waals surface area contributed by atoms with Gasteiger partial charge >= 0.3 is 12.0 Å². The summed E-state index contributed by atoms with van der Waals surface area (Å²) in [6.45, 7) is 0. The number of carbonyl (C=O) groups is 1. The molecular formula is C8H4ClF3N2O5. The summed E-state index contributed by atoms with van der Waals surface area (Å²) < 4.78 is 44.6. The molecule has 0 unspecified atom stereocenters. The van der Waals surface area contributed by atoms with Crippen molar-refractivity contribution in [2.24, 2.45) is 0 Å². The number of rotatable bonds is 4. The van der Waals surface area contributed by atoms with E-state index in [9.17, 15) is 28.1 Å². The van der Waals surface area contributed by atoms with Crippen LogP contribution in [0.2, 0.25) is 0 Å². The number of hydrogen-bond acceptors (Lipinski definition) is 6. The molecule has 0 aromatic carbocycles. The first kappa shape index (κ1) is 15.0. The number of carbonyl (C=O) groups excluding carboxylic acids is 1. The molecule has 1 heterocycles. The monoisotopic (exact) mass is 300 g/mol. The quantitative estimate of drug-likeness (QED) is 0.481. The summed E-state index contributed by atoms with van der Waals surface area (Å²) in [6.07, 6.45) is -4.66. The average molecular weight is 301 g/mol. The van der Waals surface area contributed by atoms with Crippen molar-refractivity contribution in [3.8, 4) is 11.6 Å². The minimum absolute atomic E-state index is 0.539. The predicted octanol–water partition coefficient (Wildman–Crippen LogP) is 2.28. The average Bonchev–Trinajstić information content (AvgIpc) is 2.25. The van der Waals surface area contributed by atoms with Gasteiger partial charge in [-0.05, 0) is 11.6 Å². The first-order valence-electron chi connectivity index (χ1n) is 4.34. The molecule has 0 saturated heterocycles. The zero-order valence-electron chi connectivity index (χ0n) is 9.02. The third kappa shape index (κ3) is 3.44. The number of ether oxygens (including phenoxy) is 2. The molecule has 0 N–H and O–H groups in total. The number of pyridine rings is 1. The van der Waals surface area contributed by atoms with E-state index in [4.69, 9.17) is 11.6 Å². The third-order valence-corrected chi connectivity index (χ3v) is 1.97. The maximum atomic E-state index is 12.2. The second-order valence-corrected chi connectivity index (χ2v) is 3.28. The molecule has 1 aromatic heterocycles. The van der Waals surface area contributed by atoms with Crippen LogP contribution in [0.15, 0.2) is 6.20 Å². The molecule has 1 aromatic rings. The minimum Gasteiger partial charge on any atom is -0.478 e. The number of nitrogens with zero attached hydrogens (tertiary/aromatic N) is 2. The van der Waals surface area contributed by atoms with Crippen LogP contribution >= 0.6 is 11.6 Å². The van der Waals surface area contributed by atoms with Crippen molar-refractivity contribution in [3.05, 3.63) is 21.9 Å². The van der Waals surface area contributed by atoms with Gasteiger partial charge in [-0.2, -0.15) is 0 Å². The van der Waals surface area contributed by atoms with Crippen LogP contribution in [0, 0.1) is 10.1 Å². The molecule has 104 valence electrons. The Morgan fingerprint density at radius 3 is 2.47 bits per heavy atom. The number of halogens is 4. The summed E-state index contributed by atoms with van der Waals surface area (Å²) >= 11 is 5.04. The Bertz CT molecular complexity index is 534. The third-order valence-electron chi connectivity index (χ3n) is 1.79. The second kappa shape index (κ2) is 5.26. The lowest BCUT2D eigenvalue weighted by molar-refractivity contribution is -0.385. The zero-order valence-corrected chi connectivity index (χ0v) is 9.78. The molecular weight excluding hydrogens is 297 g/mol. The molecule has 1 rings (SSSR count). The standard InChI is InChI=1S/C8H4ClF3N2O5/c1-18-7-5(19-8(10,11)12)4(6(9)15)3(2-13-7)14(16)17/h2H,1H3. The molecule has 0 radical (unpaired) electrons. The van der Waals surface area contributed by atoms with Crippen molar-refractivity contribution in [1.82, 2.24) is 4.98 Å². The molecule has 11 heteroatoms. The molecule has 19 heavy (non-hydrogen) atoms. The van der Waals surface area contributed by atoms with E-state index in [2.05, 4.69) is 14.5 Å². The fraction of sp³-hybridized carbons (Fsp3) is 0.250. The molecule has 0 aliphatic carbocycles. The van der Waals surface area contributed by atoms with Crippen LogP contribution < -0.4 is 9.47 Å². The van der Waals surface area contributed by atoms with E-state index >= 15 is 0 Å². The van der Waals surface area contributed by atoms with Gasteiger partial charge in [-0.3, -0.25) is 14.9 Å². The van der Waals surface area contributed by atoms with Gasteiger partial charge < -0.3 is 9.47 Å². The van der Waals surface area contributed by atoms with E-state index in [1.54, 1.807) is 0 Å². The number of hydrogen-bond donors (Lipinski definition) is 0. The van der Waals surface area contributed by atoms with E-state index in [0.717, 1.165) is 7.11 Å². The molecule has 0 fully saturated rings. The summed E-state index contributed by atoms with van der Waals surface area (Å²) in [5.41, 5.74) is -2.11. The van der Waals surface area contributed by atoms with Crippen molar-refractivity contribution in [1.29, 1.82) is 0 Å². The van der Waals surface area contributed by atoms with Gasteiger partial charge in [0.15, 0.2) is 5.56 Å². The number of nitro groups is 1. The molecule has 0 amide bonds. The minimum atomic E-state index is -5.20. The Hall–Kier alpha value is -2.10. The fourth-order valence-electron chi connectivity index (χ4n) is 1.15. The van der Waals surface area contributed by atoms with Crippen LogP contribution in [0.25, 0.3) is 0 Å². The van der Waals surface area contributed by atoms with Crippen molar-refractivity contribution in [3.63, 3.8) is 0 Å². The molecule has 0 atom stereocenters. The van der Waals surface area contributed by atoms with Crippen LogP contribution in [-0.2, 0) is 0 Å². The van der Waals surface area contributed by atoms with Gasteiger partial charge in [0, 0.05) is 0 Å². The van der Waals surface area contributed by atoms with Crippen LogP contribution in [0.1, 0.15) is 10.4 Å². The van der Waals surface area contributed by atoms with Crippen LogP contribution in [0.3, 0.4) is 0 Å². The highest BCUT2D eigenvalue weighted by molar-refractivity contribution is 6.68. The summed E-state index contributed by atoms with van der Waals surface area (Å²) in [5, 5.41) is 9.11. The summed E-state index contributed by atoms with van der Waals surface area (Å²) in [4.78, 5) is 23.8. The maximum absolute atomic E-state index is 12.2. The van der Waals surface area contributed by atoms with Gasteiger partial charge in [-0.15, -0.1) is 13.2 Å². The van der Waals surface area contributed by atoms with Gasteiger partial charge in [0.1, 0.15) is 6.20 Å². The van der Waals surface area contributed by atoms with E-state index in [0.29, 0.717) is 6.20 Å². The summed E-state index contributed by atoms with van der Waals surface area (Å²) in [7, 11) is 0.944. The smallest absolute Gasteiger partial charge is 0.478 e. The first-order valence-corrected chi connectivity index (χ1v) is 4.72. The van der Waals surface area contributed by atoms with Crippen molar-refractivity contribution < 1.29 is 32.4 Å². The van der Waals surface area contributed by atoms with Crippen molar-refractivity contribution in [2.75, 3.05) is 7.11 Å². The summed E-state index contributed by atoms with van der Waals surface area (Å²) in [6, 6.07) is 0. The van der Waals surface area contributed by atoms with E-state index < -0.39 is 39.4 Å². The summed E-state index contributed by atoms with van der Waals surface area (Å²) in [5.74, 6) is -2.02. The number of aromatic nitrogens is 1. The zero-order chi connectivity index (χ0) is 14.8. The Kier molecular flexibility index (Phi) is 4.14. The highest BCUT2D eigenvalue weighted by Gasteiger charge is 2.38. The van der Waals surface area contributed by atoms with Gasteiger partial charge in [0.25, 0.3) is 11.1 Å². The lowest BCUT2D eigenvalue weighted by atomic mass is 10.2. The lowest BCUT2D eigenvalue weighted by Gasteiger charge is -2.13. The van der Waals surface area contributed by atoms with Gasteiger partial charge in [0.05, 0.1) is 12.0 Å². The second-order valence-electron chi connectivity index (χ2n) is 2.94. The van der Waals surface area contributed by atoms with Crippen LogP contribution in [0.5, 0.6) is 11.6 Å². The molecule has 0 bridgehead atoms. The molecule has 0 spiro atoms. The van der Waals surface area contributed by atoms with Gasteiger partial charge in [-0.1, -0.05) is 0 Å². The molecule has 7 nitrogen and oxygen atoms in total. The van der Waals surface area contributed by atoms with Crippen molar-refractivity contribution in [2.45, 2.75) is 6.36 Å². The van der Waals surface area contributed by atoms with Crippen LogP contribution in [-0.4, -0.2) is 28.6 Å².